The van der Waals surface area contributed by atoms with Gasteiger partial charge in [0.05, 0.1) is 20.1 Å². The highest BCUT2D eigenvalue weighted by Gasteiger charge is 1.99. The molecule has 0 radical (unpaired) electrons. The van der Waals surface area contributed by atoms with Crippen LogP contribution in [-0.2, 0) is 4.79 Å². The van der Waals surface area contributed by atoms with Crippen molar-refractivity contribution < 1.29 is 4.79 Å². The van der Waals surface area contributed by atoms with Crippen molar-refractivity contribution in [2.24, 2.45) is 0 Å². The van der Waals surface area contributed by atoms with E-state index < -0.39 is 0 Å². The zero-order valence-electron chi connectivity index (χ0n) is 11.2. The minimum Gasteiger partial charge on any atom is -0.290 e. The van der Waals surface area contributed by atoms with Gasteiger partial charge in [0.25, 0.3) is 0 Å². The SMILES string of the molecule is O=C(C=Cc1ccc(Cl)c(Cl)c1)/C=C/c1ccc(Cl)c(Cl)c1. The molecule has 0 heterocycles. The Bertz CT molecular complexity index is 700. The van der Waals surface area contributed by atoms with Crippen molar-refractivity contribution in [3.8, 4) is 0 Å². The van der Waals surface area contributed by atoms with Crippen LogP contribution in [0.4, 0.5) is 0 Å². The fourth-order valence-corrected chi connectivity index (χ4v) is 2.26. The van der Waals surface area contributed by atoms with Crippen LogP contribution in [0.25, 0.3) is 12.2 Å². The molecular formula is C17H10Cl4O. The molecular weight excluding hydrogens is 362 g/mol. The van der Waals surface area contributed by atoms with Gasteiger partial charge in [0.1, 0.15) is 0 Å². The molecule has 0 aliphatic rings. The first-order chi connectivity index (χ1) is 10.5. The summed E-state index contributed by atoms with van der Waals surface area (Å²) in [5.41, 5.74) is 1.59. The van der Waals surface area contributed by atoms with Crippen molar-refractivity contribution in [2.45, 2.75) is 0 Å². The molecule has 0 atom stereocenters. The van der Waals surface area contributed by atoms with Gasteiger partial charge >= 0.3 is 0 Å². The zero-order valence-corrected chi connectivity index (χ0v) is 14.2. The molecule has 0 aliphatic carbocycles. The molecule has 0 spiro atoms. The lowest BCUT2D eigenvalue weighted by molar-refractivity contribution is -0.110. The molecule has 0 saturated heterocycles. The third kappa shape index (κ3) is 4.89. The van der Waals surface area contributed by atoms with Gasteiger partial charge in [-0.1, -0.05) is 70.7 Å². The molecule has 0 bridgehead atoms. The van der Waals surface area contributed by atoms with Crippen molar-refractivity contribution in [3.05, 3.63) is 79.8 Å². The minimum absolute atomic E-state index is 0.155. The summed E-state index contributed by atoms with van der Waals surface area (Å²) in [7, 11) is 0. The normalized spacial score (nSPS) is 11.5. The number of ketones is 1. The number of halogens is 4. The molecule has 0 saturated carbocycles. The maximum Gasteiger partial charge on any atom is 0.178 e. The second kappa shape index (κ2) is 7.85. The zero-order chi connectivity index (χ0) is 16.1. The predicted molar refractivity (Wildman–Crippen MR) is 96.0 cm³/mol. The summed E-state index contributed by atoms with van der Waals surface area (Å²) in [6.45, 7) is 0. The summed E-state index contributed by atoms with van der Waals surface area (Å²) in [4.78, 5) is 11.8. The van der Waals surface area contributed by atoms with Gasteiger partial charge in [0.15, 0.2) is 5.78 Å². The number of rotatable bonds is 4. The van der Waals surface area contributed by atoms with Gasteiger partial charge in [-0.2, -0.15) is 0 Å². The fourth-order valence-electron chi connectivity index (χ4n) is 1.64. The second-order valence-corrected chi connectivity index (χ2v) is 6.04. The first kappa shape index (κ1) is 17.1. The van der Waals surface area contributed by atoms with Crippen LogP contribution < -0.4 is 0 Å². The third-order valence-corrected chi connectivity index (χ3v) is 4.25. The van der Waals surface area contributed by atoms with Crippen LogP contribution >= 0.6 is 46.4 Å². The van der Waals surface area contributed by atoms with Crippen LogP contribution in [0.3, 0.4) is 0 Å². The second-order valence-electron chi connectivity index (χ2n) is 4.42. The van der Waals surface area contributed by atoms with E-state index in [1.807, 2.05) is 0 Å². The van der Waals surface area contributed by atoms with Crippen molar-refractivity contribution in [2.75, 3.05) is 0 Å². The number of benzene rings is 2. The molecule has 0 unspecified atom stereocenters. The standard InChI is InChI=1S/C17H10Cl4O/c18-14-7-3-11(9-16(14)20)1-5-13(22)6-2-12-4-8-15(19)17(21)10-12/h1-10H/b5-1+,6-2?. The maximum atomic E-state index is 11.8. The van der Waals surface area contributed by atoms with Crippen molar-refractivity contribution >= 4 is 64.3 Å². The average Bonchev–Trinajstić information content (AvgIpc) is 2.49. The molecule has 0 N–H and O–H groups in total. The Balaban J connectivity index is 2.05. The van der Waals surface area contributed by atoms with Crippen LogP contribution in [0.1, 0.15) is 11.1 Å². The predicted octanol–water partition coefficient (Wildman–Crippen LogP) is 6.60. The van der Waals surface area contributed by atoms with Crippen LogP contribution in [0.2, 0.25) is 20.1 Å². The van der Waals surface area contributed by atoms with E-state index in [2.05, 4.69) is 0 Å². The summed E-state index contributed by atoms with van der Waals surface area (Å²) in [6, 6.07) is 10.3. The van der Waals surface area contributed by atoms with Crippen LogP contribution in [0.15, 0.2) is 48.6 Å². The van der Waals surface area contributed by atoms with Gasteiger partial charge in [-0.15, -0.1) is 0 Å². The smallest absolute Gasteiger partial charge is 0.178 e. The molecule has 2 aromatic rings. The molecule has 5 heteroatoms. The summed E-state index contributed by atoms with van der Waals surface area (Å²) >= 11 is 23.5. The van der Waals surface area contributed by atoms with Crippen molar-refractivity contribution in [1.29, 1.82) is 0 Å². The Morgan fingerprint density at radius 1 is 0.682 bits per heavy atom. The molecule has 2 aromatic carbocycles. The highest BCUT2D eigenvalue weighted by molar-refractivity contribution is 6.42. The number of hydrogen-bond acceptors (Lipinski definition) is 1. The van der Waals surface area contributed by atoms with Gasteiger partial charge in [0.2, 0.25) is 0 Å². The molecule has 0 aromatic heterocycles. The fraction of sp³-hybridized carbons (Fsp3) is 0. The molecule has 0 aliphatic heterocycles. The Morgan fingerprint density at radius 3 is 1.45 bits per heavy atom. The van der Waals surface area contributed by atoms with Gasteiger partial charge in [-0.25, -0.2) is 0 Å². The van der Waals surface area contributed by atoms with E-state index in [4.69, 9.17) is 46.4 Å². The van der Waals surface area contributed by atoms with E-state index in [1.54, 1.807) is 48.6 Å². The molecule has 1 nitrogen and oxygen atoms in total. The molecule has 0 amide bonds. The number of carbonyl (C=O) groups excluding carboxylic acids is 1. The summed E-state index contributed by atoms with van der Waals surface area (Å²) in [5.74, 6) is -0.155. The Labute approximate surface area is 148 Å². The number of hydrogen-bond donors (Lipinski definition) is 0. The van der Waals surface area contributed by atoms with E-state index in [0.717, 1.165) is 11.1 Å². The lowest BCUT2D eigenvalue weighted by atomic mass is 10.1. The van der Waals surface area contributed by atoms with Crippen LogP contribution in [0.5, 0.6) is 0 Å². The number of allylic oxidation sites excluding steroid dienone is 2. The van der Waals surface area contributed by atoms with Crippen molar-refractivity contribution in [3.63, 3.8) is 0 Å². The van der Waals surface area contributed by atoms with Gasteiger partial charge in [0, 0.05) is 0 Å². The molecule has 2 rings (SSSR count). The van der Waals surface area contributed by atoms with Crippen LogP contribution in [0, 0.1) is 0 Å². The first-order valence-corrected chi connectivity index (χ1v) is 7.77. The largest absolute Gasteiger partial charge is 0.290 e. The van der Waals surface area contributed by atoms with E-state index in [9.17, 15) is 4.79 Å². The molecule has 22 heavy (non-hydrogen) atoms. The van der Waals surface area contributed by atoms with E-state index in [1.165, 1.54) is 12.2 Å². The summed E-state index contributed by atoms with van der Waals surface area (Å²) in [5, 5.41) is 1.85. The quantitative estimate of drug-likeness (QED) is 0.553. The molecule has 112 valence electrons. The third-order valence-electron chi connectivity index (χ3n) is 2.77. The number of carbonyl (C=O) groups is 1. The van der Waals surface area contributed by atoms with Gasteiger partial charge in [-0.3, -0.25) is 4.79 Å². The van der Waals surface area contributed by atoms with Gasteiger partial charge in [-0.05, 0) is 47.5 Å². The summed E-state index contributed by atoms with van der Waals surface area (Å²) in [6.07, 6.45) is 6.24. The Morgan fingerprint density at radius 2 is 1.09 bits per heavy atom. The lowest BCUT2D eigenvalue weighted by Crippen LogP contribution is -1.85. The summed E-state index contributed by atoms with van der Waals surface area (Å²) < 4.78 is 0. The highest BCUT2D eigenvalue weighted by atomic mass is 35.5. The topological polar surface area (TPSA) is 17.1 Å². The molecule has 0 fully saturated rings. The average molecular weight is 372 g/mol. The van der Waals surface area contributed by atoms with Crippen LogP contribution in [-0.4, -0.2) is 5.78 Å². The van der Waals surface area contributed by atoms with Crippen molar-refractivity contribution in [1.82, 2.24) is 0 Å². The Kier molecular flexibility index (Phi) is 6.10. The maximum absolute atomic E-state index is 11.8. The first-order valence-electron chi connectivity index (χ1n) is 6.26. The van der Waals surface area contributed by atoms with E-state index in [0.29, 0.717) is 20.1 Å². The minimum atomic E-state index is -0.155. The monoisotopic (exact) mass is 370 g/mol. The van der Waals surface area contributed by atoms with E-state index >= 15 is 0 Å². The highest BCUT2D eigenvalue weighted by Crippen LogP contribution is 2.24. The lowest BCUT2D eigenvalue weighted by Gasteiger charge is -1.97. The Hall–Kier alpha value is -1.25. The van der Waals surface area contributed by atoms with E-state index in [-0.39, 0.29) is 5.78 Å². The van der Waals surface area contributed by atoms with Gasteiger partial charge < -0.3 is 0 Å².